The van der Waals surface area contributed by atoms with Crippen LogP contribution in [-0.2, 0) is 4.79 Å². The fourth-order valence-corrected chi connectivity index (χ4v) is 2.42. The molecule has 1 aliphatic heterocycles. The van der Waals surface area contributed by atoms with Crippen LogP contribution in [-0.4, -0.2) is 25.6 Å². The van der Waals surface area contributed by atoms with Crippen LogP contribution in [0.15, 0.2) is 12.1 Å². The molecule has 6 heteroatoms. The van der Waals surface area contributed by atoms with Gasteiger partial charge in [0.2, 0.25) is 0 Å². The van der Waals surface area contributed by atoms with Crippen LogP contribution in [0, 0.1) is 0 Å². The summed E-state index contributed by atoms with van der Waals surface area (Å²) in [7, 11) is 1.66. The molecule has 1 atom stereocenters. The number of amides is 1. The van der Waals surface area contributed by atoms with Crippen LogP contribution < -0.4 is 15.4 Å². The number of hydrogen-bond donors (Lipinski definition) is 1. The molecule has 0 saturated carbocycles. The molecule has 1 unspecified atom stereocenters. The zero-order chi connectivity index (χ0) is 12.6. The SMILES string of the molecule is CN1C(=O)C(CCN)Oc2cc(Cl)cc(Cl)c21. The lowest BCUT2D eigenvalue weighted by atomic mass is 10.1. The Morgan fingerprint density at radius 2 is 2.18 bits per heavy atom. The molecule has 1 aromatic carbocycles. The number of halogens is 2. The van der Waals surface area contributed by atoms with E-state index in [1.54, 1.807) is 19.2 Å². The van der Waals surface area contributed by atoms with E-state index in [-0.39, 0.29) is 5.91 Å². The number of fused-ring (bicyclic) bond motifs is 1. The number of ether oxygens (including phenoxy) is 1. The van der Waals surface area contributed by atoms with Gasteiger partial charge in [-0.05, 0) is 12.6 Å². The lowest BCUT2D eigenvalue weighted by Crippen LogP contribution is -2.44. The van der Waals surface area contributed by atoms with Gasteiger partial charge in [0.25, 0.3) is 5.91 Å². The van der Waals surface area contributed by atoms with Crippen LogP contribution in [0.2, 0.25) is 10.0 Å². The second kappa shape index (κ2) is 4.72. The Bertz CT molecular complexity index is 465. The maximum absolute atomic E-state index is 12.0. The number of rotatable bonds is 2. The predicted octanol–water partition coefficient (Wildman–Crippen LogP) is 2.07. The quantitative estimate of drug-likeness (QED) is 0.898. The Kier molecular flexibility index (Phi) is 3.47. The summed E-state index contributed by atoms with van der Waals surface area (Å²) in [6.45, 7) is 0.383. The molecule has 1 aromatic rings. The van der Waals surface area contributed by atoms with Crippen LogP contribution in [0.4, 0.5) is 5.69 Å². The standard InChI is InChI=1S/C11H12Cl2N2O2/c1-15-10-7(13)4-6(12)5-9(10)17-8(2-3-14)11(15)16/h4-5,8H,2-3,14H2,1H3. The highest BCUT2D eigenvalue weighted by Gasteiger charge is 2.33. The average Bonchev–Trinajstić information content (AvgIpc) is 2.24. The van der Waals surface area contributed by atoms with Crippen molar-refractivity contribution in [3.05, 3.63) is 22.2 Å². The van der Waals surface area contributed by atoms with Crippen molar-refractivity contribution in [3.8, 4) is 5.75 Å². The smallest absolute Gasteiger partial charge is 0.267 e. The van der Waals surface area contributed by atoms with Crippen LogP contribution in [0.3, 0.4) is 0 Å². The summed E-state index contributed by atoms with van der Waals surface area (Å²) in [5, 5.41) is 0.873. The largest absolute Gasteiger partial charge is 0.478 e. The summed E-state index contributed by atoms with van der Waals surface area (Å²) < 4.78 is 5.58. The minimum absolute atomic E-state index is 0.146. The summed E-state index contributed by atoms with van der Waals surface area (Å²) in [5.74, 6) is 0.371. The maximum Gasteiger partial charge on any atom is 0.267 e. The van der Waals surface area contributed by atoms with Crippen molar-refractivity contribution >= 4 is 34.8 Å². The number of hydrogen-bond acceptors (Lipinski definition) is 3. The normalized spacial score (nSPS) is 18.9. The minimum atomic E-state index is -0.563. The lowest BCUT2D eigenvalue weighted by Gasteiger charge is -2.32. The van der Waals surface area contributed by atoms with Gasteiger partial charge in [0.1, 0.15) is 11.4 Å². The highest BCUT2D eigenvalue weighted by Crippen LogP contribution is 2.41. The van der Waals surface area contributed by atoms with E-state index in [9.17, 15) is 4.79 Å². The van der Waals surface area contributed by atoms with Crippen LogP contribution in [0.5, 0.6) is 5.75 Å². The molecule has 0 bridgehead atoms. The Balaban J connectivity index is 2.45. The van der Waals surface area contributed by atoms with Gasteiger partial charge < -0.3 is 15.4 Å². The van der Waals surface area contributed by atoms with Gasteiger partial charge in [0.15, 0.2) is 6.10 Å². The Morgan fingerprint density at radius 1 is 1.47 bits per heavy atom. The molecular formula is C11H12Cl2N2O2. The summed E-state index contributed by atoms with van der Waals surface area (Å²) in [5.41, 5.74) is 5.99. The summed E-state index contributed by atoms with van der Waals surface area (Å²) in [6.07, 6.45) is -0.0979. The number of anilines is 1. The van der Waals surface area contributed by atoms with Crippen LogP contribution in [0.1, 0.15) is 6.42 Å². The topological polar surface area (TPSA) is 55.6 Å². The van der Waals surface area contributed by atoms with Crippen LogP contribution >= 0.6 is 23.2 Å². The number of likely N-dealkylation sites (N-methyl/N-ethyl adjacent to an activating group) is 1. The summed E-state index contributed by atoms with van der Waals surface area (Å²) in [6, 6.07) is 3.23. The number of carbonyl (C=O) groups excluding carboxylic acids is 1. The predicted molar refractivity (Wildman–Crippen MR) is 68.0 cm³/mol. The van der Waals surface area contributed by atoms with E-state index in [1.165, 1.54) is 4.90 Å². The van der Waals surface area contributed by atoms with E-state index < -0.39 is 6.10 Å². The molecule has 92 valence electrons. The van der Waals surface area contributed by atoms with Gasteiger partial charge in [0.05, 0.1) is 5.02 Å². The van der Waals surface area contributed by atoms with Gasteiger partial charge in [0, 0.05) is 24.6 Å². The zero-order valence-corrected chi connectivity index (χ0v) is 10.8. The Hall–Kier alpha value is -0.970. The van der Waals surface area contributed by atoms with Gasteiger partial charge in [-0.25, -0.2) is 0 Å². The Labute approximate surface area is 109 Å². The monoisotopic (exact) mass is 274 g/mol. The van der Waals surface area contributed by atoms with Crippen molar-refractivity contribution in [1.29, 1.82) is 0 Å². The molecule has 2 rings (SSSR count). The molecule has 0 radical (unpaired) electrons. The highest BCUT2D eigenvalue weighted by molar-refractivity contribution is 6.37. The second-order valence-corrected chi connectivity index (χ2v) is 4.66. The fraction of sp³-hybridized carbons (Fsp3) is 0.364. The number of nitrogens with two attached hydrogens (primary N) is 1. The molecule has 0 fully saturated rings. The van der Waals surface area contributed by atoms with E-state index in [0.717, 1.165) is 0 Å². The number of nitrogens with zero attached hydrogens (tertiary/aromatic N) is 1. The van der Waals surface area contributed by atoms with Crippen molar-refractivity contribution in [2.75, 3.05) is 18.5 Å². The zero-order valence-electron chi connectivity index (χ0n) is 9.24. The molecular weight excluding hydrogens is 263 g/mol. The molecule has 1 heterocycles. The summed E-state index contributed by atoms with van der Waals surface area (Å²) >= 11 is 11.9. The minimum Gasteiger partial charge on any atom is -0.478 e. The first-order valence-corrected chi connectivity index (χ1v) is 5.93. The van der Waals surface area contributed by atoms with Crippen molar-refractivity contribution in [2.45, 2.75) is 12.5 Å². The molecule has 0 aliphatic carbocycles. The molecule has 1 aliphatic rings. The molecule has 0 saturated heterocycles. The molecule has 17 heavy (non-hydrogen) atoms. The van der Waals surface area contributed by atoms with Gasteiger partial charge in [-0.2, -0.15) is 0 Å². The third-order valence-electron chi connectivity index (χ3n) is 2.63. The highest BCUT2D eigenvalue weighted by atomic mass is 35.5. The van der Waals surface area contributed by atoms with Crippen molar-refractivity contribution in [3.63, 3.8) is 0 Å². The number of carbonyl (C=O) groups is 1. The summed E-state index contributed by atoms with van der Waals surface area (Å²) in [4.78, 5) is 13.5. The third-order valence-corrected chi connectivity index (χ3v) is 3.14. The van der Waals surface area contributed by atoms with Crippen LogP contribution in [0.25, 0.3) is 0 Å². The number of benzene rings is 1. The van der Waals surface area contributed by atoms with E-state index in [2.05, 4.69) is 0 Å². The first-order valence-electron chi connectivity index (χ1n) is 5.18. The maximum atomic E-state index is 12.0. The molecule has 1 amide bonds. The van der Waals surface area contributed by atoms with Gasteiger partial charge in [-0.15, -0.1) is 0 Å². The van der Waals surface area contributed by atoms with Crippen molar-refractivity contribution < 1.29 is 9.53 Å². The van der Waals surface area contributed by atoms with E-state index >= 15 is 0 Å². The second-order valence-electron chi connectivity index (χ2n) is 3.82. The first-order chi connectivity index (χ1) is 8.04. The molecule has 4 nitrogen and oxygen atoms in total. The molecule has 2 N–H and O–H groups in total. The molecule has 0 aromatic heterocycles. The third kappa shape index (κ3) is 2.20. The van der Waals surface area contributed by atoms with Crippen molar-refractivity contribution in [2.24, 2.45) is 5.73 Å². The average molecular weight is 275 g/mol. The fourth-order valence-electron chi connectivity index (χ4n) is 1.82. The Morgan fingerprint density at radius 3 is 2.82 bits per heavy atom. The van der Waals surface area contributed by atoms with Gasteiger partial charge in [-0.3, -0.25) is 4.79 Å². The van der Waals surface area contributed by atoms with Gasteiger partial charge >= 0.3 is 0 Å². The first kappa shape index (κ1) is 12.5. The van der Waals surface area contributed by atoms with E-state index in [4.69, 9.17) is 33.7 Å². The van der Waals surface area contributed by atoms with E-state index in [0.29, 0.717) is 34.4 Å². The van der Waals surface area contributed by atoms with E-state index in [1.807, 2.05) is 0 Å². The lowest BCUT2D eigenvalue weighted by molar-refractivity contribution is -0.126. The van der Waals surface area contributed by atoms with Crippen molar-refractivity contribution in [1.82, 2.24) is 0 Å². The van der Waals surface area contributed by atoms with Gasteiger partial charge in [-0.1, -0.05) is 23.2 Å². The molecule has 0 spiro atoms.